The lowest BCUT2D eigenvalue weighted by Gasteiger charge is -2.37. The molecular formula is C22H25F4NO. The maximum absolute atomic E-state index is 13.2. The smallest absolute Gasteiger partial charge is 0.380 e. The second-order valence-electron chi connectivity index (χ2n) is 7.39. The van der Waals surface area contributed by atoms with Crippen molar-refractivity contribution >= 4 is 6.08 Å². The summed E-state index contributed by atoms with van der Waals surface area (Å²) < 4.78 is 52.8. The fourth-order valence-corrected chi connectivity index (χ4v) is 3.43. The highest BCUT2D eigenvalue weighted by molar-refractivity contribution is 5.56. The topological polar surface area (TPSA) is 23.5 Å². The highest BCUT2D eigenvalue weighted by Gasteiger charge is 2.39. The van der Waals surface area contributed by atoms with Crippen molar-refractivity contribution in [3.63, 3.8) is 0 Å². The minimum atomic E-state index is -4.50. The standard InChI is InChI=1S/C22H25F4NO/c1-15(12-17-8-10-20(23)11-9-17)21(28,16(2)14-27(3)4)18-6-5-7-19(13-18)22(24,25)26/h5-13,16,28H,14H2,1-4H3. The summed E-state index contributed by atoms with van der Waals surface area (Å²) in [5.74, 6) is -0.786. The average Bonchev–Trinajstić information content (AvgIpc) is 2.61. The highest BCUT2D eigenvalue weighted by atomic mass is 19.4. The average molecular weight is 395 g/mol. The maximum atomic E-state index is 13.2. The van der Waals surface area contributed by atoms with Crippen molar-refractivity contribution in [2.75, 3.05) is 20.6 Å². The zero-order valence-electron chi connectivity index (χ0n) is 16.4. The number of hydrogen-bond donors (Lipinski definition) is 1. The zero-order chi connectivity index (χ0) is 21.1. The Morgan fingerprint density at radius 1 is 1.07 bits per heavy atom. The van der Waals surface area contributed by atoms with Crippen LogP contribution >= 0.6 is 0 Å². The third-order valence-electron chi connectivity index (χ3n) is 4.84. The molecule has 0 aliphatic heterocycles. The van der Waals surface area contributed by atoms with Gasteiger partial charge in [0.15, 0.2) is 0 Å². The highest BCUT2D eigenvalue weighted by Crippen LogP contribution is 2.40. The van der Waals surface area contributed by atoms with Crippen LogP contribution in [0.2, 0.25) is 0 Å². The molecule has 0 bridgehead atoms. The number of rotatable bonds is 6. The fraction of sp³-hybridized carbons (Fsp3) is 0.364. The lowest BCUT2D eigenvalue weighted by atomic mass is 9.76. The molecule has 0 aliphatic rings. The third-order valence-corrected chi connectivity index (χ3v) is 4.84. The number of alkyl halides is 3. The van der Waals surface area contributed by atoms with Crippen LogP contribution in [0.5, 0.6) is 0 Å². The molecule has 2 nitrogen and oxygen atoms in total. The largest absolute Gasteiger partial charge is 0.416 e. The molecule has 6 heteroatoms. The predicted octanol–water partition coefficient (Wildman–Crippen LogP) is 5.33. The van der Waals surface area contributed by atoms with Gasteiger partial charge >= 0.3 is 6.18 Å². The van der Waals surface area contributed by atoms with E-state index in [0.29, 0.717) is 17.7 Å². The lowest BCUT2D eigenvalue weighted by molar-refractivity contribution is -0.137. The first-order chi connectivity index (χ1) is 12.9. The maximum Gasteiger partial charge on any atom is 0.416 e. The van der Waals surface area contributed by atoms with Gasteiger partial charge in [0, 0.05) is 12.5 Å². The molecule has 0 radical (unpaired) electrons. The molecule has 0 fully saturated rings. The van der Waals surface area contributed by atoms with Crippen molar-refractivity contribution in [1.82, 2.24) is 4.90 Å². The quantitative estimate of drug-likeness (QED) is 0.668. The van der Waals surface area contributed by atoms with Crippen LogP contribution < -0.4 is 0 Å². The second-order valence-corrected chi connectivity index (χ2v) is 7.39. The van der Waals surface area contributed by atoms with Crippen molar-refractivity contribution < 1.29 is 22.7 Å². The van der Waals surface area contributed by atoms with Crippen molar-refractivity contribution in [2.45, 2.75) is 25.6 Å². The molecule has 152 valence electrons. The van der Waals surface area contributed by atoms with Gasteiger partial charge in [-0.15, -0.1) is 0 Å². The van der Waals surface area contributed by atoms with Gasteiger partial charge in [-0.3, -0.25) is 0 Å². The molecule has 0 spiro atoms. The van der Waals surface area contributed by atoms with Gasteiger partial charge in [0.1, 0.15) is 11.4 Å². The van der Waals surface area contributed by atoms with Crippen LogP contribution in [0, 0.1) is 11.7 Å². The van der Waals surface area contributed by atoms with E-state index in [-0.39, 0.29) is 11.4 Å². The summed E-state index contributed by atoms with van der Waals surface area (Å²) in [7, 11) is 3.67. The van der Waals surface area contributed by atoms with Crippen LogP contribution in [0.1, 0.15) is 30.5 Å². The minimum absolute atomic E-state index is 0.174. The van der Waals surface area contributed by atoms with Gasteiger partial charge < -0.3 is 10.0 Å². The lowest BCUT2D eigenvalue weighted by Crippen LogP contribution is -2.40. The number of benzene rings is 2. The summed E-state index contributed by atoms with van der Waals surface area (Å²) >= 11 is 0. The van der Waals surface area contributed by atoms with Gasteiger partial charge in [0.25, 0.3) is 0 Å². The first-order valence-electron chi connectivity index (χ1n) is 8.93. The van der Waals surface area contributed by atoms with Crippen molar-refractivity contribution in [1.29, 1.82) is 0 Å². The summed E-state index contributed by atoms with van der Waals surface area (Å²) in [6.45, 7) is 3.93. The predicted molar refractivity (Wildman–Crippen MR) is 103 cm³/mol. The molecule has 0 aliphatic carbocycles. The number of nitrogens with zero attached hydrogens (tertiary/aromatic N) is 1. The summed E-state index contributed by atoms with van der Waals surface area (Å²) in [5, 5.41) is 11.6. The van der Waals surface area contributed by atoms with E-state index in [9.17, 15) is 22.7 Å². The number of aliphatic hydroxyl groups is 1. The monoisotopic (exact) mass is 395 g/mol. The van der Waals surface area contributed by atoms with Crippen molar-refractivity contribution in [2.24, 2.45) is 5.92 Å². The molecule has 2 rings (SSSR count). The summed E-state index contributed by atoms with van der Waals surface area (Å²) in [6.07, 6.45) is -2.83. The van der Waals surface area contributed by atoms with Gasteiger partial charge in [0.2, 0.25) is 0 Å². The first-order valence-corrected chi connectivity index (χ1v) is 8.93. The van der Waals surface area contributed by atoms with Crippen LogP contribution in [0.4, 0.5) is 17.6 Å². The summed E-state index contributed by atoms with van der Waals surface area (Å²) in [5.41, 5.74) is -1.13. The Hall–Kier alpha value is -2.18. The van der Waals surface area contributed by atoms with Gasteiger partial charge in [-0.05, 0) is 62.0 Å². The molecular weight excluding hydrogens is 370 g/mol. The normalized spacial score (nSPS) is 16.1. The zero-order valence-corrected chi connectivity index (χ0v) is 16.4. The Morgan fingerprint density at radius 2 is 1.64 bits per heavy atom. The van der Waals surface area contributed by atoms with E-state index in [1.807, 2.05) is 19.0 Å². The Kier molecular flexibility index (Phi) is 6.67. The molecule has 28 heavy (non-hydrogen) atoms. The molecule has 0 heterocycles. The Bertz CT molecular complexity index is 827. The third kappa shape index (κ3) is 5.00. The van der Waals surface area contributed by atoms with Crippen LogP contribution in [-0.2, 0) is 11.8 Å². The number of halogens is 4. The molecule has 0 amide bonds. The van der Waals surface area contributed by atoms with Crippen molar-refractivity contribution in [3.05, 3.63) is 76.6 Å². The molecule has 2 aromatic rings. The molecule has 0 saturated heterocycles. The molecule has 1 N–H and O–H groups in total. The van der Waals surface area contributed by atoms with Gasteiger partial charge in [0.05, 0.1) is 5.56 Å². The molecule has 2 aromatic carbocycles. The Labute approximate surface area is 163 Å². The molecule has 2 unspecified atom stereocenters. The summed E-state index contributed by atoms with van der Waals surface area (Å²) in [6, 6.07) is 10.5. The first kappa shape index (κ1) is 22.1. The van der Waals surface area contributed by atoms with E-state index in [1.54, 1.807) is 32.1 Å². The van der Waals surface area contributed by atoms with Gasteiger partial charge in [-0.25, -0.2) is 4.39 Å². The van der Waals surface area contributed by atoms with Crippen LogP contribution in [0.3, 0.4) is 0 Å². The van der Waals surface area contributed by atoms with E-state index < -0.39 is 23.3 Å². The van der Waals surface area contributed by atoms with Crippen molar-refractivity contribution in [3.8, 4) is 0 Å². The molecule has 0 aromatic heterocycles. The van der Waals surface area contributed by atoms with E-state index in [0.717, 1.165) is 12.1 Å². The SMILES string of the molecule is CC(=Cc1ccc(F)cc1)C(O)(c1cccc(C(F)(F)F)c1)C(C)CN(C)C. The van der Waals surface area contributed by atoms with E-state index in [2.05, 4.69) is 0 Å². The second kappa shape index (κ2) is 8.45. The fourth-order valence-electron chi connectivity index (χ4n) is 3.43. The Morgan fingerprint density at radius 3 is 2.18 bits per heavy atom. The van der Waals surface area contributed by atoms with E-state index >= 15 is 0 Å². The van der Waals surface area contributed by atoms with Crippen LogP contribution in [0.25, 0.3) is 6.08 Å². The van der Waals surface area contributed by atoms with Crippen LogP contribution in [0.15, 0.2) is 54.1 Å². The summed E-state index contributed by atoms with van der Waals surface area (Å²) in [4.78, 5) is 1.87. The molecule has 2 atom stereocenters. The number of hydrogen-bond acceptors (Lipinski definition) is 2. The minimum Gasteiger partial charge on any atom is -0.380 e. The van der Waals surface area contributed by atoms with Gasteiger partial charge in [-0.2, -0.15) is 13.2 Å². The Balaban J connectivity index is 2.59. The molecule has 0 saturated carbocycles. The van der Waals surface area contributed by atoms with E-state index in [1.165, 1.54) is 24.3 Å². The van der Waals surface area contributed by atoms with Crippen LogP contribution in [-0.4, -0.2) is 30.6 Å². The van der Waals surface area contributed by atoms with Gasteiger partial charge in [-0.1, -0.05) is 37.3 Å². The van der Waals surface area contributed by atoms with E-state index in [4.69, 9.17) is 0 Å².